The first-order valence-corrected chi connectivity index (χ1v) is 7.77. The van der Waals surface area contributed by atoms with Crippen molar-refractivity contribution in [2.45, 2.75) is 34.1 Å². The number of nitrogens with zero attached hydrogens (tertiary/aromatic N) is 1. The maximum Gasteiger partial charge on any atom is 0.314 e. The summed E-state index contributed by atoms with van der Waals surface area (Å²) >= 11 is 0. The molecule has 2 N–H and O–H groups in total. The van der Waals surface area contributed by atoms with Crippen LogP contribution >= 0.6 is 0 Å². The Kier molecular flexibility index (Phi) is 7.61. The van der Waals surface area contributed by atoms with Gasteiger partial charge in [0.2, 0.25) is 5.91 Å². The van der Waals surface area contributed by atoms with Crippen molar-refractivity contribution in [3.8, 4) is 0 Å². The smallest absolute Gasteiger partial charge is 0.314 e. The molecule has 1 rings (SSSR count). The monoisotopic (exact) mass is 333 g/mol. The van der Waals surface area contributed by atoms with E-state index in [1.54, 1.807) is 38.1 Å². The van der Waals surface area contributed by atoms with E-state index in [1.165, 1.54) is 6.92 Å². The second-order valence-electron chi connectivity index (χ2n) is 5.17. The molecule has 130 valence electrons. The van der Waals surface area contributed by atoms with Gasteiger partial charge < -0.3 is 10.1 Å². The molecule has 7 heteroatoms. The standard InChI is InChI=1S/C17H23N3O4/c1-5-15(17(23)24-6-2)11(3)19-20-16(22)13-7-9-14(10-8-13)18-12(4)21/h7-10,15H,5-6H2,1-4H3,(H,18,21)(H,20,22)/t15-/m1/s1. The summed E-state index contributed by atoms with van der Waals surface area (Å²) < 4.78 is 4.99. The lowest BCUT2D eigenvalue weighted by Crippen LogP contribution is -2.27. The molecular formula is C17H23N3O4. The van der Waals surface area contributed by atoms with Crippen LogP contribution in [0.5, 0.6) is 0 Å². The number of carbonyl (C=O) groups is 3. The number of ether oxygens (including phenoxy) is 1. The highest BCUT2D eigenvalue weighted by molar-refractivity contribution is 6.02. The number of hydrogen-bond acceptors (Lipinski definition) is 5. The van der Waals surface area contributed by atoms with Gasteiger partial charge in [0.15, 0.2) is 0 Å². The van der Waals surface area contributed by atoms with Crippen molar-refractivity contribution in [3.05, 3.63) is 29.8 Å². The van der Waals surface area contributed by atoms with Crippen molar-refractivity contribution in [2.75, 3.05) is 11.9 Å². The molecule has 0 saturated heterocycles. The first kappa shape index (κ1) is 19.3. The quantitative estimate of drug-likeness (QED) is 0.455. The third kappa shape index (κ3) is 5.83. The lowest BCUT2D eigenvalue weighted by molar-refractivity contribution is -0.145. The van der Waals surface area contributed by atoms with Crippen molar-refractivity contribution in [1.82, 2.24) is 5.43 Å². The van der Waals surface area contributed by atoms with Crippen LogP contribution in [0.4, 0.5) is 5.69 Å². The predicted molar refractivity (Wildman–Crippen MR) is 91.7 cm³/mol. The summed E-state index contributed by atoms with van der Waals surface area (Å²) in [6.07, 6.45) is 0.537. The molecule has 7 nitrogen and oxygen atoms in total. The topological polar surface area (TPSA) is 96.9 Å². The van der Waals surface area contributed by atoms with Crippen LogP contribution in [0.25, 0.3) is 0 Å². The maximum atomic E-state index is 12.1. The van der Waals surface area contributed by atoms with Crippen LogP contribution in [0, 0.1) is 5.92 Å². The van der Waals surface area contributed by atoms with Crippen LogP contribution in [0.3, 0.4) is 0 Å². The Balaban J connectivity index is 2.72. The van der Waals surface area contributed by atoms with Gasteiger partial charge in [-0.3, -0.25) is 14.4 Å². The molecule has 0 bridgehead atoms. The van der Waals surface area contributed by atoms with Gasteiger partial charge in [0.25, 0.3) is 5.91 Å². The minimum Gasteiger partial charge on any atom is -0.465 e. The summed E-state index contributed by atoms with van der Waals surface area (Å²) in [5, 5.41) is 6.61. The fourth-order valence-corrected chi connectivity index (χ4v) is 2.07. The van der Waals surface area contributed by atoms with Gasteiger partial charge in [-0.05, 0) is 44.5 Å². The zero-order valence-electron chi connectivity index (χ0n) is 14.4. The second-order valence-corrected chi connectivity index (χ2v) is 5.17. The van der Waals surface area contributed by atoms with Crippen LogP contribution < -0.4 is 10.7 Å². The highest BCUT2D eigenvalue weighted by atomic mass is 16.5. The first-order chi connectivity index (χ1) is 11.4. The molecule has 0 aliphatic rings. The number of nitrogens with one attached hydrogen (secondary N) is 2. The Bertz CT molecular complexity index is 623. The SMILES string of the molecule is CCOC(=O)[C@H](CC)C(C)=NNC(=O)c1ccc(NC(C)=O)cc1. The molecule has 0 saturated carbocycles. The Morgan fingerprint density at radius 2 is 1.75 bits per heavy atom. The zero-order valence-corrected chi connectivity index (χ0v) is 14.4. The van der Waals surface area contributed by atoms with Gasteiger partial charge in [-0.1, -0.05) is 6.92 Å². The average molecular weight is 333 g/mol. The lowest BCUT2D eigenvalue weighted by Gasteiger charge is -2.13. The number of carbonyl (C=O) groups excluding carboxylic acids is 3. The molecule has 2 amide bonds. The van der Waals surface area contributed by atoms with Crippen LogP contribution in [0.15, 0.2) is 29.4 Å². The Labute approximate surface area is 141 Å². The van der Waals surface area contributed by atoms with E-state index in [0.717, 1.165) is 0 Å². The Morgan fingerprint density at radius 1 is 1.12 bits per heavy atom. The van der Waals surface area contributed by atoms with Crippen molar-refractivity contribution in [1.29, 1.82) is 0 Å². The van der Waals surface area contributed by atoms with Crippen LogP contribution in [0.1, 0.15) is 44.5 Å². The molecule has 0 aromatic heterocycles. The van der Waals surface area contributed by atoms with Crippen LogP contribution in [-0.4, -0.2) is 30.1 Å². The van der Waals surface area contributed by atoms with E-state index >= 15 is 0 Å². The lowest BCUT2D eigenvalue weighted by atomic mass is 10.0. The molecule has 0 aliphatic carbocycles. The van der Waals surface area contributed by atoms with Gasteiger partial charge in [0.1, 0.15) is 0 Å². The van der Waals surface area contributed by atoms with E-state index < -0.39 is 11.8 Å². The molecule has 0 unspecified atom stereocenters. The van der Waals surface area contributed by atoms with Gasteiger partial charge in [-0.25, -0.2) is 5.43 Å². The number of anilines is 1. The summed E-state index contributed by atoms with van der Waals surface area (Å²) in [4.78, 5) is 34.8. The van der Waals surface area contributed by atoms with E-state index in [-0.39, 0.29) is 11.9 Å². The van der Waals surface area contributed by atoms with Gasteiger partial charge >= 0.3 is 5.97 Å². The van der Waals surface area contributed by atoms with Gasteiger partial charge in [-0.15, -0.1) is 0 Å². The number of benzene rings is 1. The molecule has 0 radical (unpaired) electrons. The van der Waals surface area contributed by atoms with Crippen LogP contribution in [-0.2, 0) is 14.3 Å². The normalized spacial score (nSPS) is 12.2. The molecule has 1 aromatic rings. The van der Waals surface area contributed by atoms with E-state index in [1.807, 2.05) is 6.92 Å². The van der Waals surface area contributed by atoms with Gasteiger partial charge in [-0.2, -0.15) is 5.10 Å². The Morgan fingerprint density at radius 3 is 2.25 bits per heavy atom. The first-order valence-electron chi connectivity index (χ1n) is 7.77. The van der Waals surface area contributed by atoms with Crippen molar-refractivity contribution in [2.24, 2.45) is 11.0 Å². The van der Waals surface area contributed by atoms with Crippen molar-refractivity contribution < 1.29 is 19.1 Å². The molecule has 1 atom stereocenters. The summed E-state index contributed by atoms with van der Waals surface area (Å²) in [6.45, 7) is 6.97. The minimum atomic E-state index is -0.479. The number of amides is 2. The highest BCUT2D eigenvalue weighted by Gasteiger charge is 2.21. The third-order valence-electron chi connectivity index (χ3n) is 3.28. The summed E-state index contributed by atoms with van der Waals surface area (Å²) in [6, 6.07) is 6.41. The highest BCUT2D eigenvalue weighted by Crippen LogP contribution is 2.10. The van der Waals surface area contributed by atoms with E-state index in [9.17, 15) is 14.4 Å². The number of rotatable bonds is 7. The minimum absolute atomic E-state index is 0.183. The molecule has 0 aliphatic heterocycles. The van der Waals surface area contributed by atoms with Crippen molar-refractivity contribution in [3.63, 3.8) is 0 Å². The molecule has 0 spiro atoms. The number of hydrogen-bond donors (Lipinski definition) is 2. The maximum absolute atomic E-state index is 12.1. The molecular weight excluding hydrogens is 310 g/mol. The fraction of sp³-hybridized carbons (Fsp3) is 0.412. The number of hydrazone groups is 1. The second kappa shape index (κ2) is 9.44. The Hall–Kier alpha value is -2.70. The molecule has 0 heterocycles. The van der Waals surface area contributed by atoms with Gasteiger partial charge in [0, 0.05) is 23.9 Å². The molecule has 24 heavy (non-hydrogen) atoms. The average Bonchev–Trinajstić information content (AvgIpc) is 2.53. The predicted octanol–water partition coefficient (Wildman–Crippen LogP) is 2.34. The summed E-state index contributed by atoms with van der Waals surface area (Å²) in [5.41, 5.74) is 3.91. The largest absolute Gasteiger partial charge is 0.465 e. The van der Waals surface area contributed by atoms with Crippen LogP contribution in [0.2, 0.25) is 0 Å². The molecule has 0 fully saturated rings. The van der Waals surface area contributed by atoms with Crippen molar-refractivity contribution >= 4 is 29.2 Å². The summed E-state index contributed by atoms with van der Waals surface area (Å²) in [5.74, 6) is -1.41. The van der Waals surface area contributed by atoms with E-state index in [2.05, 4.69) is 15.8 Å². The van der Waals surface area contributed by atoms with Gasteiger partial charge in [0.05, 0.1) is 12.5 Å². The van der Waals surface area contributed by atoms with E-state index in [4.69, 9.17) is 4.74 Å². The van der Waals surface area contributed by atoms with E-state index in [0.29, 0.717) is 30.0 Å². The summed E-state index contributed by atoms with van der Waals surface area (Å²) in [7, 11) is 0. The zero-order chi connectivity index (χ0) is 18.1. The third-order valence-corrected chi connectivity index (χ3v) is 3.28. The number of esters is 1. The molecule has 1 aromatic carbocycles. The fourth-order valence-electron chi connectivity index (χ4n) is 2.07.